The Morgan fingerprint density at radius 1 is 1.60 bits per heavy atom. The molecule has 0 aliphatic rings. The van der Waals surface area contributed by atoms with Crippen molar-refractivity contribution in [2.45, 2.75) is 6.92 Å². The van der Waals surface area contributed by atoms with Gasteiger partial charge in [0.2, 0.25) is 0 Å². The summed E-state index contributed by atoms with van der Waals surface area (Å²) in [6, 6.07) is 4.91. The first-order valence-electron chi connectivity index (χ1n) is 4.01. The van der Waals surface area contributed by atoms with Crippen molar-refractivity contribution in [2.24, 2.45) is 5.84 Å². The normalized spacial score (nSPS) is 9.87. The highest BCUT2D eigenvalue weighted by Crippen LogP contribution is 2.16. The maximum Gasteiger partial charge on any atom is 0.273 e. The highest BCUT2D eigenvalue weighted by atomic mass is 35.5. The second kappa shape index (κ2) is 4.94. The molecular weight excluding hydrogens is 252 g/mol. The van der Waals surface area contributed by atoms with Crippen molar-refractivity contribution >= 4 is 46.7 Å². The molecule has 0 fully saturated rings. The number of benzene rings is 1. The van der Waals surface area contributed by atoms with E-state index in [-0.39, 0.29) is 4.32 Å². The Morgan fingerprint density at radius 2 is 2.20 bits per heavy atom. The van der Waals surface area contributed by atoms with Gasteiger partial charge in [-0.25, -0.2) is 10.9 Å². The second-order valence-corrected chi connectivity index (χ2v) is 4.47. The molecule has 0 aliphatic heterocycles. The molecule has 0 aliphatic carbocycles. The molecule has 2 N–H and O–H groups in total. The average molecular weight is 261 g/mol. The Bertz CT molecular complexity index is 423. The molecule has 6 heteroatoms. The number of carbonyl (C=O) groups is 1. The molecule has 1 amide bonds. The Kier molecular flexibility index (Phi) is 4.10. The van der Waals surface area contributed by atoms with Crippen molar-refractivity contribution in [3.8, 4) is 0 Å². The van der Waals surface area contributed by atoms with Gasteiger partial charge in [-0.15, -0.1) is 12.6 Å². The minimum Gasteiger partial charge on any atom is -0.267 e. The third-order valence-corrected chi connectivity index (χ3v) is 2.49. The van der Waals surface area contributed by atoms with Gasteiger partial charge in [0.15, 0.2) is 4.32 Å². The molecule has 0 heterocycles. The number of rotatable bonds is 1. The smallest absolute Gasteiger partial charge is 0.267 e. The molecule has 0 spiro atoms. The lowest BCUT2D eigenvalue weighted by Gasteiger charge is -2.15. The lowest BCUT2D eigenvalue weighted by molar-refractivity contribution is 0.0852. The maximum absolute atomic E-state index is 11.7. The molecular formula is C9H9ClN2OS2. The Labute approximate surface area is 104 Å². The third kappa shape index (κ3) is 2.92. The zero-order valence-electron chi connectivity index (χ0n) is 7.90. The first-order valence-corrected chi connectivity index (χ1v) is 5.25. The van der Waals surface area contributed by atoms with Crippen LogP contribution in [0.2, 0.25) is 5.02 Å². The standard InChI is InChI=1S/C9H9ClN2OS2/c1-5-4-6(10)2-3-7(5)8(13)12(11)9(14)15/h2-4H,11H2,1H3,(H,14,15). The lowest BCUT2D eigenvalue weighted by atomic mass is 10.1. The fraction of sp³-hybridized carbons (Fsp3) is 0.111. The first kappa shape index (κ1) is 12.4. The van der Waals surface area contributed by atoms with E-state index < -0.39 is 5.91 Å². The van der Waals surface area contributed by atoms with Gasteiger partial charge in [-0.1, -0.05) is 23.8 Å². The quantitative estimate of drug-likeness (QED) is 0.268. The van der Waals surface area contributed by atoms with Crippen LogP contribution in [0.5, 0.6) is 0 Å². The van der Waals surface area contributed by atoms with Gasteiger partial charge >= 0.3 is 0 Å². The van der Waals surface area contributed by atoms with Crippen LogP contribution in [0.4, 0.5) is 0 Å². The number of halogens is 1. The summed E-state index contributed by atoms with van der Waals surface area (Å²) in [7, 11) is 0. The number of nitrogens with zero attached hydrogens (tertiary/aromatic N) is 1. The van der Waals surface area contributed by atoms with Crippen LogP contribution in [0.1, 0.15) is 15.9 Å². The molecule has 0 atom stereocenters. The Balaban J connectivity index is 3.07. The molecule has 0 saturated heterocycles. The third-order valence-electron chi connectivity index (χ3n) is 1.84. The van der Waals surface area contributed by atoms with Crippen molar-refractivity contribution in [1.29, 1.82) is 0 Å². The van der Waals surface area contributed by atoms with E-state index in [9.17, 15) is 4.79 Å². The van der Waals surface area contributed by atoms with E-state index in [1.807, 2.05) is 0 Å². The summed E-state index contributed by atoms with van der Waals surface area (Å²) in [6.45, 7) is 1.77. The maximum atomic E-state index is 11.7. The van der Waals surface area contributed by atoms with E-state index in [0.29, 0.717) is 10.6 Å². The predicted octanol–water partition coefficient (Wildman–Crippen LogP) is 2.18. The van der Waals surface area contributed by atoms with Crippen LogP contribution in [0.3, 0.4) is 0 Å². The number of amides is 1. The molecule has 80 valence electrons. The van der Waals surface area contributed by atoms with Gasteiger partial charge in [-0.05, 0) is 30.7 Å². The summed E-state index contributed by atoms with van der Waals surface area (Å²) in [5.74, 6) is 5.03. The molecule has 0 aromatic heterocycles. The molecule has 3 nitrogen and oxygen atoms in total. The first-order chi connectivity index (χ1) is 6.93. The van der Waals surface area contributed by atoms with Crippen LogP contribution in [0.15, 0.2) is 18.2 Å². The van der Waals surface area contributed by atoms with E-state index in [1.54, 1.807) is 25.1 Å². The minimum atomic E-state index is -0.399. The highest BCUT2D eigenvalue weighted by molar-refractivity contribution is 8.11. The van der Waals surface area contributed by atoms with Crippen LogP contribution in [0, 0.1) is 6.92 Å². The van der Waals surface area contributed by atoms with E-state index >= 15 is 0 Å². The van der Waals surface area contributed by atoms with Gasteiger partial charge in [-0.2, -0.15) is 0 Å². The van der Waals surface area contributed by atoms with Crippen molar-refractivity contribution in [3.05, 3.63) is 34.3 Å². The zero-order valence-corrected chi connectivity index (χ0v) is 10.4. The van der Waals surface area contributed by atoms with Gasteiger partial charge in [0.05, 0.1) is 0 Å². The van der Waals surface area contributed by atoms with Crippen molar-refractivity contribution in [2.75, 3.05) is 0 Å². The Morgan fingerprint density at radius 3 is 2.67 bits per heavy atom. The van der Waals surface area contributed by atoms with Crippen LogP contribution >= 0.6 is 36.4 Å². The summed E-state index contributed by atoms with van der Waals surface area (Å²) in [4.78, 5) is 11.7. The van der Waals surface area contributed by atoms with Gasteiger partial charge in [0.1, 0.15) is 0 Å². The number of aryl methyl sites for hydroxylation is 1. The number of carbonyl (C=O) groups excluding carboxylic acids is 1. The largest absolute Gasteiger partial charge is 0.273 e. The molecule has 1 aromatic carbocycles. The van der Waals surface area contributed by atoms with Crippen LogP contribution in [-0.2, 0) is 0 Å². The molecule has 1 rings (SSSR count). The molecule has 1 aromatic rings. The topological polar surface area (TPSA) is 46.3 Å². The molecule has 0 saturated carbocycles. The number of thiocarbonyl (C=S) groups is 1. The molecule has 15 heavy (non-hydrogen) atoms. The fourth-order valence-electron chi connectivity index (χ4n) is 1.08. The summed E-state index contributed by atoms with van der Waals surface area (Å²) < 4.78 is 0.0225. The number of thiol groups is 1. The number of hydrogen-bond donors (Lipinski definition) is 2. The SMILES string of the molecule is Cc1cc(Cl)ccc1C(=O)N(N)C(=S)S. The van der Waals surface area contributed by atoms with E-state index in [1.165, 1.54) is 0 Å². The van der Waals surface area contributed by atoms with E-state index in [0.717, 1.165) is 10.6 Å². The van der Waals surface area contributed by atoms with Crippen LogP contribution < -0.4 is 5.84 Å². The number of hydrogen-bond acceptors (Lipinski definition) is 3. The summed E-state index contributed by atoms with van der Waals surface area (Å²) in [5.41, 5.74) is 1.20. The fourth-order valence-corrected chi connectivity index (χ4v) is 1.48. The summed E-state index contributed by atoms with van der Waals surface area (Å²) >= 11 is 14.3. The summed E-state index contributed by atoms with van der Waals surface area (Å²) in [6.07, 6.45) is 0. The van der Waals surface area contributed by atoms with Gasteiger partial charge in [0.25, 0.3) is 5.91 Å². The molecule has 0 bridgehead atoms. The van der Waals surface area contributed by atoms with Crippen molar-refractivity contribution in [1.82, 2.24) is 5.01 Å². The Hall–Kier alpha value is -0.620. The van der Waals surface area contributed by atoms with Gasteiger partial charge in [-0.3, -0.25) is 4.79 Å². The second-order valence-electron chi connectivity index (χ2n) is 2.92. The van der Waals surface area contributed by atoms with Crippen molar-refractivity contribution < 1.29 is 4.79 Å². The monoisotopic (exact) mass is 260 g/mol. The predicted molar refractivity (Wildman–Crippen MR) is 68.1 cm³/mol. The molecule has 0 unspecified atom stereocenters. The molecule has 0 radical (unpaired) electrons. The number of nitrogens with two attached hydrogens (primary N) is 1. The lowest BCUT2D eigenvalue weighted by Crippen LogP contribution is -2.39. The average Bonchev–Trinajstić information content (AvgIpc) is 2.15. The zero-order chi connectivity index (χ0) is 11.6. The minimum absolute atomic E-state index is 0.0225. The van der Waals surface area contributed by atoms with Gasteiger partial charge in [0, 0.05) is 10.6 Å². The number of hydrazine groups is 1. The van der Waals surface area contributed by atoms with Crippen LogP contribution in [-0.4, -0.2) is 15.2 Å². The van der Waals surface area contributed by atoms with E-state index in [2.05, 4.69) is 24.8 Å². The highest BCUT2D eigenvalue weighted by Gasteiger charge is 2.16. The summed E-state index contributed by atoms with van der Waals surface area (Å²) in [5, 5.41) is 1.38. The van der Waals surface area contributed by atoms with Gasteiger partial charge < -0.3 is 0 Å². The van der Waals surface area contributed by atoms with E-state index in [4.69, 9.17) is 17.4 Å². The van der Waals surface area contributed by atoms with Crippen molar-refractivity contribution in [3.63, 3.8) is 0 Å². The van der Waals surface area contributed by atoms with Crippen LogP contribution in [0.25, 0.3) is 0 Å².